The summed E-state index contributed by atoms with van der Waals surface area (Å²) in [4.78, 5) is 14.2. The summed E-state index contributed by atoms with van der Waals surface area (Å²) in [5, 5.41) is 0. The molecule has 0 radical (unpaired) electrons. The first-order chi connectivity index (χ1) is 16.2. The molecule has 190 valence electrons. The van der Waals surface area contributed by atoms with Crippen molar-refractivity contribution in [2.75, 3.05) is 19.3 Å². The van der Waals surface area contributed by atoms with Gasteiger partial charge in [-0.25, -0.2) is 13.6 Å². The molecule has 1 atom stereocenters. The Hall–Kier alpha value is -2.52. The number of halogens is 2. The van der Waals surface area contributed by atoms with Crippen molar-refractivity contribution >= 4 is 16.3 Å². The van der Waals surface area contributed by atoms with Crippen LogP contribution in [0, 0.1) is 17.0 Å². The lowest BCUT2D eigenvalue weighted by Crippen LogP contribution is -2.52. The second-order valence-electron chi connectivity index (χ2n) is 10.7. The third-order valence-corrected chi connectivity index (χ3v) is 7.85. The van der Waals surface area contributed by atoms with E-state index < -0.39 is 27.4 Å². The second kappa shape index (κ2) is 9.17. The van der Waals surface area contributed by atoms with Crippen molar-refractivity contribution in [3.8, 4) is 16.9 Å². The largest absolute Gasteiger partial charge is 0.484 e. The van der Waals surface area contributed by atoms with E-state index in [1.54, 1.807) is 17.0 Å². The van der Waals surface area contributed by atoms with Gasteiger partial charge in [0.05, 0.1) is 0 Å². The van der Waals surface area contributed by atoms with Crippen molar-refractivity contribution in [3.05, 3.63) is 48.0 Å². The molecule has 1 N–H and O–H groups in total. The molecule has 1 heterocycles. The maximum Gasteiger partial charge on any atom is 0.410 e. The van der Waals surface area contributed by atoms with E-state index in [0.717, 1.165) is 12.8 Å². The third kappa shape index (κ3) is 5.83. The minimum absolute atomic E-state index is 0.0303. The molecule has 1 aliphatic heterocycles. The van der Waals surface area contributed by atoms with Crippen LogP contribution in [0.5, 0.6) is 5.75 Å². The fraction of sp³-hybridized carbons (Fsp3) is 0.500. The van der Waals surface area contributed by atoms with Crippen molar-refractivity contribution in [3.63, 3.8) is 0 Å². The topological polar surface area (TPSA) is 76.1 Å². The van der Waals surface area contributed by atoms with E-state index in [4.69, 9.17) is 9.47 Å². The minimum atomic E-state index is -3.11. The molecule has 2 aromatic rings. The molecule has 6 nitrogen and oxygen atoms in total. The van der Waals surface area contributed by atoms with Crippen LogP contribution >= 0.6 is 0 Å². The first-order valence-corrected chi connectivity index (χ1v) is 13.6. The van der Waals surface area contributed by atoms with Crippen LogP contribution < -0.4 is 4.74 Å². The van der Waals surface area contributed by atoms with E-state index in [1.165, 1.54) is 30.5 Å². The number of hydrogen-bond donors (Lipinski definition) is 1. The molecular formula is C26H32F2NO5S+. The van der Waals surface area contributed by atoms with Gasteiger partial charge in [0.2, 0.25) is 10.2 Å². The predicted molar refractivity (Wildman–Crippen MR) is 130 cm³/mol. The van der Waals surface area contributed by atoms with Gasteiger partial charge in [0.15, 0.2) is 22.3 Å². The van der Waals surface area contributed by atoms with Crippen molar-refractivity contribution in [1.82, 2.24) is 4.90 Å². The summed E-state index contributed by atoms with van der Waals surface area (Å²) in [5.74, 6) is -1.96. The number of likely N-dealkylation sites (tertiary alicyclic amines) is 1. The zero-order valence-electron chi connectivity index (χ0n) is 20.5. The lowest BCUT2D eigenvalue weighted by Gasteiger charge is -2.51. The van der Waals surface area contributed by atoms with E-state index in [-0.39, 0.29) is 28.3 Å². The number of ether oxygens (including phenoxy) is 2. The van der Waals surface area contributed by atoms with Crippen LogP contribution in [0.2, 0.25) is 0 Å². The summed E-state index contributed by atoms with van der Waals surface area (Å²) >= 11 is 0. The van der Waals surface area contributed by atoms with Gasteiger partial charge in [-0.05, 0) is 99.4 Å². The molecule has 1 saturated heterocycles. The highest BCUT2D eigenvalue weighted by atomic mass is 32.3. The molecule has 0 bridgehead atoms. The Bertz CT molecular complexity index is 1120. The number of carbonyl (C=O) groups is 1. The maximum absolute atomic E-state index is 14.8. The summed E-state index contributed by atoms with van der Waals surface area (Å²) in [5.41, 5.74) is 0.343. The summed E-state index contributed by atoms with van der Waals surface area (Å²) in [7, 11) is -3.11. The van der Waals surface area contributed by atoms with Crippen LogP contribution in [0.25, 0.3) is 11.1 Å². The monoisotopic (exact) mass is 508 g/mol. The zero-order valence-corrected chi connectivity index (χ0v) is 21.3. The lowest BCUT2D eigenvalue weighted by atomic mass is 9.61. The number of piperidine rings is 1. The Kier molecular flexibility index (Phi) is 6.70. The molecule has 0 aromatic heterocycles. The van der Waals surface area contributed by atoms with Gasteiger partial charge < -0.3 is 14.4 Å². The minimum Gasteiger partial charge on any atom is -0.484 e. The number of rotatable bonds is 4. The highest BCUT2D eigenvalue weighted by Gasteiger charge is 2.48. The number of nitrogens with zero attached hydrogens (tertiary/aromatic N) is 1. The highest BCUT2D eigenvalue weighted by Crippen LogP contribution is 2.51. The number of amides is 1. The molecule has 2 aliphatic rings. The van der Waals surface area contributed by atoms with Gasteiger partial charge in [0.1, 0.15) is 18.0 Å². The van der Waals surface area contributed by atoms with E-state index in [0.29, 0.717) is 37.1 Å². The summed E-state index contributed by atoms with van der Waals surface area (Å²) in [6, 6.07) is 8.48. The Balaban J connectivity index is 1.35. The molecule has 1 unspecified atom stereocenters. The molecule has 4 rings (SSSR count). The van der Waals surface area contributed by atoms with Crippen LogP contribution in [0.4, 0.5) is 13.6 Å². The van der Waals surface area contributed by atoms with Gasteiger partial charge in [-0.15, -0.1) is 0 Å². The van der Waals surface area contributed by atoms with Gasteiger partial charge in [-0.1, -0.05) is 4.21 Å². The summed E-state index contributed by atoms with van der Waals surface area (Å²) in [6.07, 6.45) is 3.62. The smallest absolute Gasteiger partial charge is 0.410 e. The first kappa shape index (κ1) is 25.6. The SMILES string of the molecule is CC(C)(C)OC(=O)N1CCC2(CC1)CC(Oc1c(F)cc(-c3ccc([S+](C)(=O)O)cc3)cc1F)C2. The Morgan fingerprint density at radius 3 is 2.09 bits per heavy atom. The maximum atomic E-state index is 14.8. The standard InChI is InChI=1S/C26H31F2NO5S/c1-25(2,3)34-24(30)29-11-9-26(10-12-29)15-19(16-26)33-23-21(27)13-18(14-22(23)28)17-5-7-20(8-6-17)35(4,31)32/h5-8,13-14,19H,9-12,15-16H2,1-4H3/p+1. The number of benzene rings is 2. The second-order valence-corrected chi connectivity index (χ2v) is 12.8. The van der Waals surface area contributed by atoms with Gasteiger partial charge in [0.25, 0.3) is 0 Å². The Morgan fingerprint density at radius 2 is 1.60 bits per heavy atom. The zero-order chi connectivity index (χ0) is 25.6. The van der Waals surface area contributed by atoms with Crippen LogP contribution in [-0.2, 0) is 19.2 Å². The third-order valence-electron chi connectivity index (χ3n) is 6.70. The van der Waals surface area contributed by atoms with Gasteiger partial charge in [0, 0.05) is 13.1 Å². The van der Waals surface area contributed by atoms with Crippen molar-refractivity contribution in [2.45, 2.75) is 63.1 Å². The Morgan fingerprint density at radius 1 is 1.06 bits per heavy atom. The fourth-order valence-corrected chi connectivity index (χ4v) is 5.43. The van der Waals surface area contributed by atoms with Gasteiger partial charge in [-0.3, -0.25) is 0 Å². The van der Waals surface area contributed by atoms with Crippen molar-refractivity contribution in [2.24, 2.45) is 5.41 Å². The first-order valence-electron chi connectivity index (χ1n) is 11.7. The molecule has 1 amide bonds. The summed E-state index contributed by atoms with van der Waals surface area (Å²) in [6.45, 7) is 6.71. The average molecular weight is 509 g/mol. The molecular weight excluding hydrogens is 476 g/mol. The van der Waals surface area contributed by atoms with E-state index in [9.17, 15) is 22.3 Å². The van der Waals surface area contributed by atoms with Crippen LogP contribution in [0.15, 0.2) is 41.3 Å². The summed E-state index contributed by atoms with van der Waals surface area (Å²) < 4.78 is 62.1. The lowest BCUT2D eigenvalue weighted by molar-refractivity contribution is -0.0605. The molecule has 1 saturated carbocycles. The molecule has 35 heavy (non-hydrogen) atoms. The van der Waals surface area contributed by atoms with Crippen LogP contribution in [0.1, 0.15) is 46.5 Å². The van der Waals surface area contributed by atoms with Crippen LogP contribution in [0.3, 0.4) is 0 Å². The molecule has 2 fully saturated rings. The van der Waals surface area contributed by atoms with Crippen molar-refractivity contribution < 1.29 is 31.8 Å². The van der Waals surface area contributed by atoms with E-state index in [2.05, 4.69) is 0 Å². The Labute approximate surface area is 205 Å². The predicted octanol–water partition coefficient (Wildman–Crippen LogP) is 6.15. The molecule has 1 aliphatic carbocycles. The molecule has 2 aromatic carbocycles. The van der Waals surface area contributed by atoms with Gasteiger partial charge in [-0.2, -0.15) is 4.55 Å². The fourth-order valence-electron chi connectivity index (χ4n) is 4.79. The molecule has 1 spiro atoms. The average Bonchev–Trinajstić information content (AvgIpc) is 2.73. The number of carbonyl (C=O) groups excluding carboxylic acids is 1. The van der Waals surface area contributed by atoms with E-state index in [1.807, 2.05) is 20.8 Å². The highest BCUT2D eigenvalue weighted by molar-refractivity contribution is 7.97. The molecule has 9 heteroatoms. The van der Waals surface area contributed by atoms with Crippen LogP contribution in [-0.4, -0.2) is 46.6 Å². The number of hydrogen-bond acceptors (Lipinski definition) is 4. The van der Waals surface area contributed by atoms with E-state index >= 15 is 0 Å². The van der Waals surface area contributed by atoms with Gasteiger partial charge >= 0.3 is 6.09 Å². The normalized spacial score (nSPS) is 19.7. The van der Waals surface area contributed by atoms with Crippen molar-refractivity contribution in [1.29, 1.82) is 0 Å². The quantitative estimate of drug-likeness (QED) is 0.501.